The molecule has 0 radical (unpaired) electrons. The monoisotopic (exact) mass is 373 g/mol. The zero-order chi connectivity index (χ0) is 19.5. The van der Waals surface area contributed by atoms with Crippen LogP contribution < -0.4 is 10.1 Å². The minimum Gasteiger partial charge on any atom is -0.438 e. The van der Waals surface area contributed by atoms with Crippen LogP contribution >= 0.6 is 0 Å². The van der Waals surface area contributed by atoms with Crippen molar-refractivity contribution in [2.75, 3.05) is 0 Å². The highest BCUT2D eigenvalue weighted by molar-refractivity contribution is 5.96. The lowest BCUT2D eigenvalue weighted by Gasteiger charge is -2.15. The molecule has 5 heteroatoms. The third-order valence-corrected chi connectivity index (χ3v) is 4.69. The van der Waals surface area contributed by atoms with Crippen molar-refractivity contribution in [2.24, 2.45) is 0 Å². The number of aromatic nitrogens is 2. The number of rotatable bonds is 6. The van der Waals surface area contributed by atoms with Crippen LogP contribution in [0.3, 0.4) is 0 Å². The number of nitrogens with zero attached hydrogens (tertiary/aromatic N) is 2. The molecule has 0 bridgehead atoms. The Kier molecular flexibility index (Phi) is 5.06. The maximum absolute atomic E-state index is 12.7. The van der Waals surface area contributed by atoms with Crippen LogP contribution in [0.25, 0.3) is 11.4 Å². The molecule has 5 nitrogen and oxygen atoms in total. The summed E-state index contributed by atoms with van der Waals surface area (Å²) in [7, 11) is 0. The third kappa shape index (κ3) is 4.03. The Bertz CT molecular complexity index is 982. The van der Waals surface area contributed by atoms with E-state index in [2.05, 4.69) is 29.1 Å². The highest BCUT2D eigenvalue weighted by atomic mass is 16.5. The van der Waals surface area contributed by atoms with Crippen molar-refractivity contribution < 1.29 is 9.53 Å². The number of hydrogen-bond acceptors (Lipinski definition) is 4. The molecule has 0 unspecified atom stereocenters. The molecular weight excluding hydrogens is 350 g/mol. The van der Waals surface area contributed by atoms with E-state index >= 15 is 0 Å². The molecule has 1 aliphatic rings. The van der Waals surface area contributed by atoms with Gasteiger partial charge in [-0.2, -0.15) is 4.98 Å². The molecule has 142 valence electrons. The van der Waals surface area contributed by atoms with Crippen LogP contribution in [0.5, 0.6) is 11.6 Å². The first kappa shape index (κ1) is 18.2. The number of hydrogen-bond donors (Lipinski definition) is 1. The average molecular weight is 373 g/mol. The third-order valence-electron chi connectivity index (χ3n) is 4.69. The Morgan fingerprint density at radius 3 is 2.50 bits per heavy atom. The van der Waals surface area contributed by atoms with Crippen molar-refractivity contribution in [2.45, 2.75) is 38.6 Å². The number of ether oxygens (including phenoxy) is 1. The van der Waals surface area contributed by atoms with E-state index in [4.69, 9.17) is 4.74 Å². The quantitative estimate of drug-likeness (QED) is 0.664. The van der Waals surface area contributed by atoms with Crippen LogP contribution in [0.1, 0.15) is 48.5 Å². The highest BCUT2D eigenvalue weighted by Crippen LogP contribution is 2.32. The van der Waals surface area contributed by atoms with Gasteiger partial charge in [0.05, 0.1) is 0 Å². The summed E-state index contributed by atoms with van der Waals surface area (Å²) in [5.74, 6) is 1.60. The molecule has 1 aromatic heterocycles. The molecule has 0 atom stereocenters. The number of amides is 1. The van der Waals surface area contributed by atoms with Crippen molar-refractivity contribution in [1.29, 1.82) is 0 Å². The highest BCUT2D eigenvalue weighted by Gasteiger charge is 2.26. The maximum Gasteiger partial charge on any atom is 0.258 e. The molecule has 0 spiro atoms. The van der Waals surface area contributed by atoms with Crippen LogP contribution in [0, 0.1) is 0 Å². The van der Waals surface area contributed by atoms with Crippen LogP contribution in [-0.4, -0.2) is 21.9 Å². The van der Waals surface area contributed by atoms with Crippen LogP contribution in [0.4, 0.5) is 0 Å². The Balaban J connectivity index is 1.74. The Hall–Kier alpha value is -3.21. The van der Waals surface area contributed by atoms with Gasteiger partial charge in [0.1, 0.15) is 11.3 Å². The van der Waals surface area contributed by atoms with E-state index in [0.29, 0.717) is 17.1 Å². The summed E-state index contributed by atoms with van der Waals surface area (Å²) in [4.78, 5) is 21.7. The predicted molar refractivity (Wildman–Crippen MR) is 109 cm³/mol. The fourth-order valence-corrected chi connectivity index (χ4v) is 2.97. The predicted octanol–water partition coefficient (Wildman–Crippen LogP) is 4.95. The van der Waals surface area contributed by atoms with Gasteiger partial charge in [0.15, 0.2) is 5.82 Å². The second kappa shape index (κ2) is 7.80. The van der Waals surface area contributed by atoms with Gasteiger partial charge in [-0.1, -0.05) is 62.4 Å². The molecule has 2 aromatic carbocycles. The fourth-order valence-electron chi connectivity index (χ4n) is 2.97. The Labute approximate surface area is 164 Å². The summed E-state index contributed by atoms with van der Waals surface area (Å²) >= 11 is 0. The van der Waals surface area contributed by atoms with Gasteiger partial charge in [0, 0.05) is 17.8 Å². The summed E-state index contributed by atoms with van der Waals surface area (Å²) in [6.07, 6.45) is 3.59. The Morgan fingerprint density at radius 2 is 1.79 bits per heavy atom. The zero-order valence-electron chi connectivity index (χ0n) is 16.1. The van der Waals surface area contributed by atoms with Gasteiger partial charge >= 0.3 is 0 Å². The SMILES string of the molecule is CC(C)c1ccccc1Oc1nc(-c2ccccc2)ncc1C(=O)NC1CC1. The van der Waals surface area contributed by atoms with Crippen molar-refractivity contribution >= 4 is 5.91 Å². The topological polar surface area (TPSA) is 64.1 Å². The number of carbonyl (C=O) groups is 1. The van der Waals surface area contributed by atoms with E-state index in [9.17, 15) is 4.79 Å². The molecule has 1 heterocycles. The lowest BCUT2D eigenvalue weighted by atomic mass is 10.0. The summed E-state index contributed by atoms with van der Waals surface area (Å²) in [5, 5.41) is 2.99. The van der Waals surface area contributed by atoms with Gasteiger partial charge in [0.2, 0.25) is 5.88 Å². The molecule has 1 fully saturated rings. The smallest absolute Gasteiger partial charge is 0.258 e. The van der Waals surface area contributed by atoms with Gasteiger partial charge in [-0.3, -0.25) is 4.79 Å². The molecule has 1 amide bonds. The minimum atomic E-state index is -0.195. The largest absolute Gasteiger partial charge is 0.438 e. The van der Waals surface area contributed by atoms with E-state index in [-0.39, 0.29) is 23.7 Å². The molecule has 3 aromatic rings. The summed E-state index contributed by atoms with van der Waals surface area (Å²) in [6.45, 7) is 4.22. The summed E-state index contributed by atoms with van der Waals surface area (Å²) in [6, 6.07) is 17.8. The first-order valence-corrected chi connectivity index (χ1v) is 9.62. The van der Waals surface area contributed by atoms with Crippen LogP contribution in [0.15, 0.2) is 60.8 Å². The Morgan fingerprint density at radius 1 is 1.07 bits per heavy atom. The molecule has 28 heavy (non-hydrogen) atoms. The number of para-hydroxylation sites is 1. The van der Waals surface area contributed by atoms with Gasteiger partial charge in [-0.25, -0.2) is 4.98 Å². The zero-order valence-corrected chi connectivity index (χ0v) is 16.1. The lowest BCUT2D eigenvalue weighted by molar-refractivity contribution is 0.0947. The van der Waals surface area contributed by atoms with Gasteiger partial charge < -0.3 is 10.1 Å². The second-order valence-electron chi connectivity index (χ2n) is 7.32. The summed E-state index contributed by atoms with van der Waals surface area (Å²) in [5.41, 5.74) is 2.29. The van der Waals surface area contributed by atoms with Crippen molar-refractivity contribution in [3.05, 3.63) is 71.9 Å². The van der Waals surface area contributed by atoms with E-state index in [1.807, 2.05) is 54.6 Å². The molecule has 0 saturated heterocycles. The lowest BCUT2D eigenvalue weighted by Crippen LogP contribution is -2.26. The standard InChI is InChI=1S/C23H23N3O2/c1-15(2)18-10-6-7-11-20(18)28-23-19(22(27)25-17-12-13-17)14-24-21(26-23)16-8-4-3-5-9-16/h3-11,14-15,17H,12-13H2,1-2H3,(H,25,27). The first-order valence-electron chi connectivity index (χ1n) is 9.62. The molecule has 1 saturated carbocycles. The molecule has 0 aliphatic heterocycles. The van der Waals surface area contributed by atoms with Crippen molar-refractivity contribution in [3.8, 4) is 23.0 Å². The minimum absolute atomic E-state index is 0.195. The molecule has 4 rings (SSSR count). The fraction of sp³-hybridized carbons (Fsp3) is 0.261. The number of nitrogens with one attached hydrogen (secondary N) is 1. The summed E-state index contributed by atoms with van der Waals surface area (Å²) < 4.78 is 6.18. The number of benzene rings is 2. The van der Waals surface area contributed by atoms with E-state index in [1.54, 1.807) is 6.20 Å². The van der Waals surface area contributed by atoms with Gasteiger partial charge in [-0.05, 0) is 30.4 Å². The van der Waals surface area contributed by atoms with Gasteiger partial charge in [-0.15, -0.1) is 0 Å². The average Bonchev–Trinajstić information content (AvgIpc) is 3.53. The van der Waals surface area contributed by atoms with Gasteiger partial charge in [0.25, 0.3) is 5.91 Å². The van der Waals surface area contributed by atoms with Crippen molar-refractivity contribution in [1.82, 2.24) is 15.3 Å². The van der Waals surface area contributed by atoms with Crippen LogP contribution in [-0.2, 0) is 0 Å². The number of carbonyl (C=O) groups excluding carboxylic acids is 1. The maximum atomic E-state index is 12.7. The normalized spacial score (nSPS) is 13.4. The van der Waals surface area contributed by atoms with E-state index < -0.39 is 0 Å². The van der Waals surface area contributed by atoms with Crippen molar-refractivity contribution in [3.63, 3.8) is 0 Å². The molecule has 1 N–H and O–H groups in total. The molecule has 1 aliphatic carbocycles. The van der Waals surface area contributed by atoms with E-state index in [1.165, 1.54) is 0 Å². The molecular formula is C23H23N3O2. The van der Waals surface area contributed by atoms with Crippen LogP contribution in [0.2, 0.25) is 0 Å². The first-order chi connectivity index (χ1) is 13.6. The van der Waals surface area contributed by atoms with E-state index in [0.717, 1.165) is 24.0 Å². The second-order valence-corrected chi connectivity index (χ2v) is 7.32.